The van der Waals surface area contributed by atoms with Crippen molar-refractivity contribution < 1.29 is 22.7 Å². The molecule has 0 spiro atoms. The molecule has 0 fully saturated rings. The van der Waals surface area contributed by atoms with Crippen LogP contribution >= 0.6 is 0 Å². The van der Waals surface area contributed by atoms with E-state index in [2.05, 4.69) is 14.8 Å². The van der Waals surface area contributed by atoms with Gasteiger partial charge in [0.05, 0.1) is 18.4 Å². The first-order chi connectivity index (χ1) is 12.7. The lowest BCUT2D eigenvalue weighted by atomic mass is 10.1. The van der Waals surface area contributed by atoms with E-state index < -0.39 is 21.9 Å². The molecule has 0 bridgehead atoms. The number of methoxy groups -OCH3 is 1. The van der Waals surface area contributed by atoms with Crippen molar-refractivity contribution >= 4 is 27.6 Å². The number of anilines is 1. The van der Waals surface area contributed by atoms with Gasteiger partial charge in [-0.15, -0.1) is 0 Å². The number of sulfonamides is 1. The second-order valence-electron chi connectivity index (χ2n) is 6.03. The number of hydrogen-bond acceptors (Lipinski definition) is 5. The highest BCUT2D eigenvalue weighted by Gasteiger charge is 2.18. The lowest BCUT2D eigenvalue weighted by Crippen LogP contribution is -2.27. The van der Waals surface area contributed by atoms with E-state index in [-0.39, 0.29) is 23.4 Å². The third-order valence-electron chi connectivity index (χ3n) is 3.91. The van der Waals surface area contributed by atoms with Crippen LogP contribution in [0.5, 0.6) is 0 Å². The lowest BCUT2D eigenvalue weighted by molar-refractivity contribution is -0.140. The Balaban J connectivity index is 2.18. The van der Waals surface area contributed by atoms with Crippen molar-refractivity contribution in [2.75, 3.05) is 18.4 Å². The Hall–Kier alpha value is -2.87. The van der Waals surface area contributed by atoms with Crippen molar-refractivity contribution in [1.29, 1.82) is 0 Å². The van der Waals surface area contributed by atoms with Gasteiger partial charge in [0.2, 0.25) is 0 Å². The molecule has 0 unspecified atom stereocenters. The highest BCUT2D eigenvalue weighted by molar-refractivity contribution is 7.92. The minimum absolute atomic E-state index is 0.0215. The smallest absolute Gasteiger partial charge is 0.307 e. The van der Waals surface area contributed by atoms with E-state index in [0.29, 0.717) is 11.3 Å². The van der Waals surface area contributed by atoms with Gasteiger partial charge in [0.1, 0.15) is 0 Å². The van der Waals surface area contributed by atoms with Crippen LogP contribution < -0.4 is 10.0 Å². The maximum absolute atomic E-state index is 12.6. The molecule has 0 radical (unpaired) electrons. The number of hydrogen-bond donors (Lipinski definition) is 2. The molecular formula is C19H22N2O5S. The summed E-state index contributed by atoms with van der Waals surface area (Å²) in [6, 6.07) is 11.3. The first-order valence-electron chi connectivity index (χ1n) is 8.28. The molecule has 0 aromatic heterocycles. The lowest BCUT2D eigenvalue weighted by Gasteiger charge is -2.12. The van der Waals surface area contributed by atoms with Gasteiger partial charge >= 0.3 is 5.97 Å². The van der Waals surface area contributed by atoms with Crippen LogP contribution in [0, 0.1) is 13.8 Å². The molecule has 144 valence electrons. The van der Waals surface area contributed by atoms with E-state index in [1.807, 2.05) is 6.92 Å². The van der Waals surface area contributed by atoms with Gasteiger partial charge in [-0.25, -0.2) is 8.42 Å². The maximum Gasteiger partial charge on any atom is 0.307 e. The SMILES string of the molecule is COC(=O)CCNC(=O)c1cc(S(=O)(=O)Nc2ccc(C)cc2)ccc1C. The Bertz CT molecular complexity index is 937. The average Bonchev–Trinajstić information content (AvgIpc) is 2.63. The van der Waals surface area contributed by atoms with Crippen molar-refractivity contribution in [3.05, 3.63) is 59.2 Å². The minimum atomic E-state index is -3.84. The molecule has 2 aromatic carbocycles. The molecule has 7 nitrogen and oxygen atoms in total. The monoisotopic (exact) mass is 390 g/mol. The summed E-state index contributed by atoms with van der Waals surface area (Å²) in [4.78, 5) is 23.4. The number of carbonyl (C=O) groups is 2. The summed E-state index contributed by atoms with van der Waals surface area (Å²) >= 11 is 0. The van der Waals surface area contributed by atoms with Crippen molar-refractivity contribution in [2.45, 2.75) is 25.2 Å². The van der Waals surface area contributed by atoms with Crippen molar-refractivity contribution in [1.82, 2.24) is 5.32 Å². The number of carbonyl (C=O) groups excluding carboxylic acids is 2. The maximum atomic E-state index is 12.6. The van der Waals surface area contributed by atoms with Crippen LogP contribution in [0.25, 0.3) is 0 Å². The molecule has 2 N–H and O–H groups in total. The van der Waals surface area contributed by atoms with Crippen molar-refractivity contribution in [3.63, 3.8) is 0 Å². The Kier molecular flexibility index (Phi) is 6.57. The van der Waals surface area contributed by atoms with E-state index in [4.69, 9.17) is 0 Å². The predicted octanol–water partition coefficient (Wildman–Crippen LogP) is 2.40. The second-order valence-corrected chi connectivity index (χ2v) is 7.71. The second kappa shape index (κ2) is 8.68. The van der Waals surface area contributed by atoms with Crippen LogP contribution in [0.3, 0.4) is 0 Å². The van der Waals surface area contributed by atoms with Crippen LogP contribution in [-0.2, 0) is 19.6 Å². The quantitative estimate of drug-likeness (QED) is 0.707. The molecular weight excluding hydrogens is 368 g/mol. The zero-order valence-electron chi connectivity index (χ0n) is 15.4. The number of benzene rings is 2. The average molecular weight is 390 g/mol. The molecule has 0 saturated heterocycles. The Morgan fingerprint density at radius 3 is 2.33 bits per heavy atom. The first kappa shape index (κ1) is 20.4. The highest BCUT2D eigenvalue weighted by Crippen LogP contribution is 2.19. The summed E-state index contributed by atoms with van der Waals surface area (Å²) in [6.07, 6.45) is 0.0360. The van der Waals surface area contributed by atoms with Crippen LogP contribution in [0.15, 0.2) is 47.4 Å². The van der Waals surface area contributed by atoms with E-state index in [1.165, 1.54) is 19.2 Å². The predicted molar refractivity (Wildman–Crippen MR) is 102 cm³/mol. The van der Waals surface area contributed by atoms with E-state index >= 15 is 0 Å². The zero-order valence-corrected chi connectivity index (χ0v) is 16.2. The van der Waals surface area contributed by atoms with Gasteiger partial charge in [0.25, 0.3) is 15.9 Å². The Morgan fingerprint density at radius 2 is 1.70 bits per heavy atom. The number of ether oxygens (including phenoxy) is 1. The highest BCUT2D eigenvalue weighted by atomic mass is 32.2. The van der Waals surface area contributed by atoms with Crippen LogP contribution in [0.2, 0.25) is 0 Å². The largest absolute Gasteiger partial charge is 0.469 e. The molecule has 0 saturated carbocycles. The molecule has 0 atom stereocenters. The van der Waals surface area contributed by atoms with Gasteiger partial charge in [0.15, 0.2) is 0 Å². The molecule has 1 amide bonds. The van der Waals surface area contributed by atoms with Gasteiger partial charge in [0, 0.05) is 17.8 Å². The van der Waals surface area contributed by atoms with Gasteiger partial charge in [-0.2, -0.15) is 0 Å². The van der Waals surface area contributed by atoms with Crippen LogP contribution in [0.4, 0.5) is 5.69 Å². The fourth-order valence-electron chi connectivity index (χ4n) is 2.32. The number of rotatable bonds is 7. The van der Waals surface area contributed by atoms with Crippen molar-refractivity contribution in [3.8, 4) is 0 Å². The summed E-state index contributed by atoms with van der Waals surface area (Å²) in [6.45, 7) is 3.71. The third kappa shape index (κ3) is 5.55. The van der Waals surface area contributed by atoms with Gasteiger partial charge < -0.3 is 10.1 Å². The van der Waals surface area contributed by atoms with Gasteiger partial charge in [-0.1, -0.05) is 23.8 Å². The van der Waals surface area contributed by atoms with Crippen molar-refractivity contribution in [2.24, 2.45) is 0 Å². The fourth-order valence-corrected chi connectivity index (χ4v) is 3.41. The normalized spacial score (nSPS) is 10.9. The standard InChI is InChI=1S/C19H22N2O5S/c1-13-4-7-15(8-5-13)21-27(24,25)16-9-6-14(2)17(12-16)19(23)20-11-10-18(22)26-3/h4-9,12,21H,10-11H2,1-3H3,(H,20,23). The van der Waals surface area contributed by atoms with E-state index in [1.54, 1.807) is 37.3 Å². The Labute approximate surface area is 158 Å². The molecule has 0 aliphatic rings. The summed E-state index contributed by atoms with van der Waals surface area (Å²) in [5.41, 5.74) is 2.30. The van der Waals surface area contributed by atoms with Crippen LogP contribution in [-0.4, -0.2) is 33.9 Å². The number of nitrogens with one attached hydrogen (secondary N) is 2. The Morgan fingerprint density at radius 1 is 1.04 bits per heavy atom. The summed E-state index contributed by atoms with van der Waals surface area (Å²) < 4.78 is 32.2. The summed E-state index contributed by atoms with van der Waals surface area (Å²) in [7, 11) is -2.57. The third-order valence-corrected chi connectivity index (χ3v) is 5.29. The molecule has 2 rings (SSSR count). The number of amides is 1. The molecule has 0 heterocycles. The molecule has 8 heteroatoms. The van der Waals surface area contributed by atoms with E-state index in [9.17, 15) is 18.0 Å². The summed E-state index contributed by atoms with van der Waals surface area (Å²) in [5, 5.41) is 2.58. The molecule has 27 heavy (non-hydrogen) atoms. The van der Waals surface area contributed by atoms with E-state index in [0.717, 1.165) is 5.56 Å². The molecule has 2 aromatic rings. The topological polar surface area (TPSA) is 102 Å². The van der Waals surface area contributed by atoms with Gasteiger partial charge in [-0.05, 0) is 43.7 Å². The molecule has 0 aliphatic heterocycles. The number of esters is 1. The fraction of sp³-hybridized carbons (Fsp3) is 0.263. The van der Waals surface area contributed by atoms with Gasteiger partial charge in [-0.3, -0.25) is 14.3 Å². The summed E-state index contributed by atoms with van der Waals surface area (Å²) in [5.74, 6) is -0.894. The first-order valence-corrected chi connectivity index (χ1v) is 9.76. The minimum Gasteiger partial charge on any atom is -0.469 e. The number of aryl methyl sites for hydroxylation is 2. The molecule has 0 aliphatic carbocycles. The zero-order chi connectivity index (χ0) is 20.0. The van der Waals surface area contributed by atoms with Crippen LogP contribution in [0.1, 0.15) is 27.9 Å².